The van der Waals surface area contributed by atoms with E-state index in [1.54, 1.807) is 0 Å². The third-order valence-corrected chi connectivity index (χ3v) is 3.31. The van der Waals surface area contributed by atoms with Crippen LogP contribution in [0.15, 0.2) is 18.2 Å². The average molecular weight is 229 g/mol. The lowest BCUT2D eigenvalue weighted by Crippen LogP contribution is -2.40. The lowest BCUT2D eigenvalue weighted by Gasteiger charge is -2.34. The summed E-state index contributed by atoms with van der Waals surface area (Å²) in [7, 11) is 0. The van der Waals surface area contributed by atoms with Crippen molar-refractivity contribution in [2.75, 3.05) is 13.2 Å². The fourth-order valence-corrected chi connectivity index (χ4v) is 2.31. The molecule has 0 spiro atoms. The Labute approximate surface area is 98.8 Å². The zero-order valence-corrected chi connectivity index (χ0v) is 9.23. The van der Waals surface area contributed by atoms with Crippen LogP contribution in [0.4, 0.5) is 0 Å². The predicted molar refractivity (Wildman–Crippen MR) is 59.0 cm³/mol. The van der Waals surface area contributed by atoms with E-state index in [0.717, 1.165) is 5.56 Å². The van der Waals surface area contributed by atoms with Crippen molar-refractivity contribution in [3.05, 3.63) is 23.8 Å². The van der Waals surface area contributed by atoms with Crippen LogP contribution < -0.4 is 9.47 Å². The summed E-state index contributed by atoms with van der Waals surface area (Å²) in [5.74, 6) is 1.52. The third kappa shape index (κ3) is 1.47. The van der Waals surface area contributed by atoms with Crippen LogP contribution in [0, 0.1) is 11.3 Å². The largest absolute Gasteiger partial charge is 0.486 e. The number of rotatable bonds is 1. The summed E-state index contributed by atoms with van der Waals surface area (Å²) >= 11 is 0. The van der Waals surface area contributed by atoms with Gasteiger partial charge in [0.05, 0.1) is 11.5 Å². The molecule has 1 heterocycles. The summed E-state index contributed by atoms with van der Waals surface area (Å²) < 4.78 is 10.9. The molecule has 0 amide bonds. The van der Waals surface area contributed by atoms with Crippen molar-refractivity contribution in [1.29, 1.82) is 5.26 Å². The average Bonchev–Trinajstić information content (AvgIpc) is 2.34. The van der Waals surface area contributed by atoms with Crippen molar-refractivity contribution >= 4 is 5.78 Å². The second kappa shape index (κ2) is 3.49. The number of nitriles is 1. The third-order valence-electron chi connectivity index (χ3n) is 3.31. The monoisotopic (exact) mass is 229 g/mol. The molecule has 1 aliphatic heterocycles. The van der Waals surface area contributed by atoms with Crippen LogP contribution in [0.2, 0.25) is 0 Å². The lowest BCUT2D eigenvalue weighted by molar-refractivity contribution is -0.126. The molecule has 1 saturated carbocycles. The molecule has 4 nitrogen and oxygen atoms in total. The van der Waals surface area contributed by atoms with Gasteiger partial charge in [0.1, 0.15) is 19.0 Å². The van der Waals surface area contributed by atoms with Crippen molar-refractivity contribution < 1.29 is 14.3 Å². The van der Waals surface area contributed by atoms with Gasteiger partial charge < -0.3 is 9.47 Å². The molecule has 1 aromatic rings. The SMILES string of the molecule is N#CC1(c2ccc3c(c2)OCCO3)CC(=O)C1. The molecule has 0 atom stereocenters. The molecule has 0 bridgehead atoms. The van der Waals surface area contributed by atoms with Crippen molar-refractivity contribution in [3.8, 4) is 17.6 Å². The van der Waals surface area contributed by atoms with E-state index >= 15 is 0 Å². The molecule has 0 saturated heterocycles. The van der Waals surface area contributed by atoms with Gasteiger partial charge >= 0.3 is 0 Å². The Morgan fingerprint density at radius 1 is 1.18 bits per heavy atom. The highest BCUT2D eigenvalue weighted by molar-refractivity contribution is 5.90. The molecule has 2 aliphatic rings. The number of hydrogen-bond donors (Lipinski definition) is 0. The van der Waals surface area contributed by atoms with Gasteiger partial charge in [-0.1, -0.05) is 6.07 Å². The van der Waals surface area contributed by atoms with Crippen molar-refractivity contribution in [3.63, 3.8) is 0 Å². The lowest BCUT2D eigenvalue weighted by atomic mass is 9.65. The molecule has 0 N–H and O–H groups in total. The first-order valence-electron chi connectivity index (χ1n) is 5.57. The number of carbonyl (C=O) groups is 1. The van der Waals surface area contributed by atoms with Crippen LogP contribution in [-0.2, 0) is 10.2 Å². The standard InChI is InChI=1S/C13H11NO3/c14-8-13(6-10(15)7-13)9-1-2-11-12(5-9)17-4-3-16-11/h1-2,5H,3-4,6-7H2. The van der Waals surface area contributed by atoms with Gasteiger partial charge in [-0.2, -0.15) is 5.26 Å². The highest BCUT2D eigenvalue weighted by Crippen LogP contribution is 2.43. The molecule has 1 aliphatic carbocycles. The van der Waals surface area contributed by atoms with E-state index < -0.39 is 5.41 Å². The normalized spacial score (nSPS) is 20.3. The first kappa shape index (κ1) is 10.2. The fraction of sp³-hybridized carbons (Fsp3) is 0.385. The molecule has 86 valence electrons. The Hall–Kier alpha value is -2.02. The van der Waals surface area contributed by atoms with Gasteiger partial charge in [0.2, 0.25) is 0 Å². The van der Waals surface area contributed by atoms with E-state index in [9.17, 15) is 10.1 Å². The smallest absolute Gasteiger partial charge is 0.161 e. The molecule has 4 heteroatoms. The summed E-state index contributed by atoms with van der Waals surface area (Å²) in [6.07, 6.45) is 0.617. The maximum absolute atomic E-state index is 11.1. The minimum absolute atomic E-state index is 0.140. The zero-order valence-electron chi connectivity index (χ0n) is 9.23. The first-order chi connectivity index (χ1) is 8.23. The van der Waals surface area contributed by atoms with Crippen molar-refractivity contribution in [2.45, 2.75) is 18.3 Å². The summed E-state index contributed by atoms with van der Waals surface area (Å²) in [5.41, 5.74) is 0.205. The Kier molecular flexibility index (Phi) is 2.08. The number of Topliss-reactive ketones (excluding diaryl/α,β-unsaturated/α-hetero) is 1. The fourth-order valence-electron chi connectivity index (χ4n) is 2.31. The minimum Gasteiger partial charge on any atom is -0.486 e. The maximum atomic E-state index is 11.1. The van der Waals surface area contributed by atoms with E-state index in [4.69, 9.17) is 9.47 Å². The molecule has 0 unspecified atom stereocenters. The number of nitrogens with zero attached hydrogens (tertiary/aromatic N) is 1. The molecule has 17 heavy (non-hydrogen) atoms. The van der Waals surface area contributed by atoms with E-state index in [0.29, 0.717) is 37.6 Å². The molecular weight excluding hydrogens is 218 g/mol. The first-order valence-corrected chi connectivity index (χ1v) is 5.57. The Morgan fingerprint density at radius 2 is 1.88 bits per heavy atom. The summed E-state index contributed by atoms with van der Waals surface area (Å²) in [6, 6.07) is 7.74. The Morgan fingerprint density at radius 3 is 2.53 bits per heavy atom. The van der Waals surface area contributed by atoms with Gasteiger partial charge in [0.15, 0.2) is 11.5 Å². The van der Waals surface area contributed by atoms with Crippen LogP contribution in [0.5, 0.6) is 11.5 Å². The van der Waals surface area contributed by atoms with E-state index in [-0.39, 0.29) is 5.78 Å². The highest BCUT2D eigenvalue weighted by Gasteiger charge is 2.45. The quantitative estimate of drug-likeness (QED) is 0.733. The van der Waals surface area contributed by atoms with E-state index in [2.05, 4.69) is 6.07 Å². The zero-order chi connectivity index (χ0) is 11.9. The van der Waals surface area contributed by atoms with Crippen LogP contribution in [0.25, 0.3) is 0 Å². The summed E-state index contributed by atoms with van der Waals surface area (Å²) in [5, 5.41) is 9.24. The van der Waals surface area contributed by atoms with Gasteiger partial charge in [-0.15, -0.1) is 0 Å². The molecule has 1 aromatic carbocycles. The number of hydrogen-bond acceptors (Lipinski definition) is 4. The topological polar surface area (TPSA) is 59.3 Å². The van der Waals surface area contributed by atoms with Crippen molar-refractivity contribution in [2.24, 2.45) is 0 Å². The number of carbonyl (C=O) groups excluding carboxylic acids is 1. The minimum atomic E-state index is -0.646. The molecular formula is C13H11NO3. The van der Waals surface area contributed by atoms with E-state index in [1.165, 1.54) is 0 Å². The van der Waals surface area contributed by atoms with Crippen LogP contribution in [0.1, 0.15) is 18.4 Å². The van der Waals surface area contributed by atoms with Gasteiger partial charge in [0, 0.05) is 12.8 Å². The van der Waals surface area contributed by atoms with Crippen LogP contribution in [-0.4, -0.2) is 19.0 Å². The Balaban J connectivity index is 1.99. The Bertz CT molecular complexity index is 522. The second-order valence-electron chi connectivity index (χ2n) is 4.44. The maximum Gasteiger partial charge on any atom is 0.161 e. The highest BCUT2D eigenvalue weighted by atomic mass is 16.6. The van der Waals surface area contributed by atoms with Gasteiger partial charge in [0.25, 0.3) is 0 Å². The van der Waals surface area contributed by atoms with Crippen LogP contribution in [0.3, 0.4) is 0 Å². The molecule has 0 radical (unpaired) electrons. The number of ether oxygens (including phenoxy) is 2. The van der Waals surface area contributed by atoms with Crippen LogP contribution >= 0.6 is 0 Å². The van der Waals surface area contributed by atoms with Gasteiger partial charge in [-0.05, 0) is 17.7 Å². The number of benzene rings is 1. The predicted octanol–water partition coefficient (Wildman–Crippen LogP) is 1.58. The van der Waals surface area contributed by atoms with Gasteiger partial charge in [-0.3, -0.25) is 4.79 Å². The summed E-state index contributed by atoms with van der Waals surface area (Å²) in [4.78, 5) is 11.1. The second-order valence-corrected chi connectivity index (χ2v) is 4.44. The number of fused-ring (bicyclic) bond motifs is 1. The van der Waals surface area contributed by atoms with Gasteiger partial charge in [-0.25, -0.2) is 0 Å². The molecule has 3 rings (SSSR count). The van der Waals surface area contributed by atoms with Crippen molar-refractivity contribution in [1.82, 2.24) is 0 Å². The number of ketones is 1. The van der Waals surface area contributed by atoms with E-state index in [1.807, 2.05) is 18.2 Å². The molecule has 1 fully saturated rings. The summed E-state index contributed by atoms with van der Waals surface area (Å²) in [6.45, 7) is 1.07. The molecule has 0 aromatic heterocycles.